The summed E-state index contributed by atoms with van der Waals surface area (Å²) in [6.45, 7) is 3.34. The van der Waals surface area contributed by atoms with Gasteiger partial charge in [0.1, 0.15) is 9.88 Å². The monoisotopic (exact) mass is 290 g/mol. The van der Waals surface area contributed by atoms with Gasteiger partial charge in [-0.3, -0.25) is 4.79 Å². The Balaban J connectivity index is 2.15. The summed E-state index contributed by atoms with van der Waals surface area (Å²) in [5, 5.41) is 12.3. The molecule has 2 N–H and O–H groups in total. The number of carbonyl (C=O) groups excluding carboxylic acids is 1. The van der Waals surface area contributed by atoms with E-state index in [0.29, 0.717) is 16.4 Å². The fraction of sp³-hybridized carbons (Fsp3) is 0.214. The summed E-state index contributed by atoms with van der Waals surface area (Å²) >= 11 is 1.04. The van der Waals surface area contributed by atoms with E-state index >= 15 is 0 Å². The summed E-state index contributed by atoms with van der Waals surface area (Å²) in [5.74, 6) is -1.71. The lowest BCUT2D eigenvalue weighted by molar-refractivity contribution is -0.117. The van der Waals surface area contributed by atoms with Gasteiger partial charge in [-0.05, 0) is 26.0 Å². The van der Waals surface area contributed by atoms with Crippen molar-refractivity contribution < 1.29 is 14.7 Å². The molecule has 5 nitrogen and oxygen atoms in total. The van der Waals surface area contributed by atoms with Crippen molar-refractivity contribution in [2.24, 2.45) is 0 Å². The first-order valence-corrected chi connectivity index (χ1v) is 6.87. The van der Waals surface area contributed by atoms with E-state index in [1.165, 1.54) is 0 Å². The Morgan fingerprint density at radius 2 is 1.95 bits per heavy atom. The van der Waals surface area contributed by atoms with Gasteiger partial charge in [0.25, 0.3) is 0 Å². The molecule has 0 aliphatic carbocycles. The quantitative estimate of drug-likeness (QED) is 0.907. The Morgan fingerprint density at radius 1 is 1.30 bits per heavy atom. The van der Waals surface area contributed by atoms with Crippen molar-refractivity contribution in [1.82, 2.24) is 4.98 Å². The molecule has 0 aliphatic rings. The van der Waals surface area contributed by atoms with Crippen molar-refractivity contribution in [3.05, 3.63) is 45.9 Å². The van der Waals surface area contributed by atoms with Gasteiger partial charge in [0.15, 0.2) is 0 Å². The van der Waals surface area contributed by atoms with Crippen LogP contribution in [0.1, 0.15) is 33.2 Å². The molecule has 2 rings (SSSR count). The van der Waals surface area contributed by atoms with Crippen LogP contribution >= 0.6 is 11.3 Å². The third kappa shape index (κ3) is 3.03. The number of aryl methyl sites for hydroxylation is 1. The van der Waals surface area contributed by atoms with Crippen molar-refractivity contribution in [2.45, 2.75) is 19.8 Å². The number of aromatic nitrogens is 1. The smallest absolute Gasteiger partial charge is 0.347 e. The van der Waals surface area contributed by atoms with E-state index in [9.17, 15) is 9.59 Å². The van der Waals surface area contributed by atoms with Gasteiger partial charge in [0.05, 0.1) is 11.6 Å². The van der Waals surface area contributed by atoms with E-state index in [4.69, 9.17) is 5.11 Å². The number of carboxylic acid groups (broad SMARTS) is 1. The highest BCUT2D eigenvalue weighted by Crippen LogP contribution is 2.26. The molecule has 1 amide bonds. The molecule has 1 unspecified atom stereocenters. The van der Waals surface area contributed by atoms with E-state index in [1.807, 2.05) is 18.2 Å². The Kier molecular flexibility index (Phi) is 4.14. The molecule has 0 saturated heterocycles. The van der Waals surface area contributed by atoms with Gasteiger partial charge >= 0.3 is 5.97 Å². The molecule has 20 heavy (non-hydrogen) atoms. The Bertz CT molecular complexity index is 637. The largest absolute Gasteiger partial charge is 0.477 e. The summed E-state index contributed by atoms with van der Waals surface area (Å²) in [4.78, 5) is 27.5. The fourth-order valence-electron chi connectivity index (χ4n) is 1.69. The molecule has 1 atom stereocenters. The average molecular weight is 290 g/mol. The number of anilines is 1. The molecule has 0 bridgehead atoms. The van der Waals surface area contributed by atoms with Crippen LogP contribution in [-0.4, -0.2) is 22.0 Å². The molecule has 0 fully saturated rings. The van der Waals surface area contributed by atoms with Gasteiger partial charge in [-0.15, -0.1) is 11.3 Å². The molecule has 6 heteroatoms. The lowest BCUT2D eigenvalue weighted by Gasteiger charge is -2.09. The third-order valence-corrected chi connectivity index (χ3v) is 4.14. The maximum atomic E-state index is 12.1. The molecule has 0 radical (unpaired) electrons. The van der Waals surface area contributed by atoms with Crippen molar-refractivity contribution in [3.8, 4) is 0 Å². The maximum Gasteiger partial charge on any atom is 0.347 e. The third-order valence-electron chi connectivity index (χ3n) is 2.81. The predicted molar refractivity (Wildman–Crippen MR) is 77.3 cm³/mol. The van der Waals surface area contributed by atoms with Gasteiger partial charge in [-0.25, -0.2) is 9.78 Å². The molecule has 1 aromatic carbocycles. The molecule has 0 aliphatic heterocycles. The average Bonchev–Trinajstić information content (AvgIpc) is 2.81. The minimum absolute atomic E-state index is 0.180. The van der Waals surface area contributed by atoms with Crippen LogP contribution in [0.4, 0.5) is 5.69 Å². The Hall–Kier alpha value is -2.21. The SMILES string of the molecule is Cc1nc(C(C)C(=O)Nc2ccccc2)sc1C(=O)O. The number of nitrogens with zero attached hydrogens (tertiary/aromatic N) is 1. The van der Waals surface area contributed by atoms with E-state index in [0.717, 1.165) is 11.3 Å². The fourth-order valence-corrected chi connectivity index (χ4v) is 2.64. The second kappa shape index (κ2) is 5.83. The highest BCUT2D eigenvalue weighted by molar-refractivity contribution is 7.13. The summed E-state index contributed by atoms with van der Waals surface area (Å²) in [7, 11) is 0. The predicted octanol–water partition coefficient (Wildman–Crippen LogP) is 2.89. The first-order chi connectivity index (χ1) is 9.49. The number of hydrogen-bond acceptors (Lipinski definition) is 4. The number of carboxylic acids is 1. The molecule has 1 heterocycles. The van der Waals surface area contributed by atoms with Crippen LogP contribution in [0.15, 0.2) is 30.3 Å². The second-order valence-electron chi connectivity index (χ2n) is 4.35. The van der Waals surface area contributed by atoms with E-state index in [2.05, 4.69) is 10.3 Å². The van der Waals surface area contributed by atoms with Crippen LogP contribution in [-0.2, 0) is 4.79 Å². The first kappa shape index (κ1) is 14.2. The normalized spacial score (nSPS) is 11.9. The summed E-state index contributed by atoms with van der Waals surface area (Å²) in [6.07, 6.45) is 0. The Labute approximate surface area is 120 Å². The van der Waals surface area contributed by atoms with Crippen molar-refractivity contribution in [1.29, 1.82) is 0 Å². The van der Waals surface area contributed by atoms with Gasteiger partial charge in [-0.1, -0.05) is 18.2 Å². The molecular weight excluding hydrogens is 276 g/mol. The first-order valence-electron chi connectivity index (χ1n) is 6.05. The van der Waals surface area contributed by atoms with Crippen LogP contribution in [0, 0.1) is 6.92 Å². The topological polar surface area (TPSA) is 79.3 Å². The number of aromatic carboxylic acids is 1. The highest BCUT2D eigenvalue weighted by Gasteiger charge is 2.22. The van der Waals surface area contributed by atoms with E-state index < -0.39 is 11.9 Å². The molecule has 0 spiro atoms. The zero-order valence-corrected chi connectivity index (χ0v) is 11.9. The molecule has 2 aromatic rings. The zero-order valence-electron chi connectivity index (χ0n) is 11.1. The van der Waals surface area contributed by atoms with Crippen molar-refractivity contribution >= 4 is 28.9 Å². The minimum Gasteiger partial charge on any atom is -0.477 e. The molecule has 1 aromatic heterocycles. The van der Waals surface area contributed by atoms with Gasteiger partial charge < -0.3 is 10.4 Å². The maximum absolute atomic E-state index is 12.1. The van der Waals surface area contributed by atoms with E-state index in [1.54, 1.807) is 26.0 Å². The number of rotatable bonds is 4. The number of benzene rings is 1. The van der Waals surface area contributed by atoms with Crippen LogP contribution in [0.3, 0.4) is 0 Å². The van der Waals surface area contributed by atoms with Gasteiger partial charge in [0.2, 0.25) is 5.91 Å². The van der Waals surface area contributed by atoms with Crippen LogP contribution in [0.2, 0.25) is 0 Å². The van der Waals surface area contributed by atoms with Crippen LogP contribution in [0.5, 0.6) is 0 Å². The summed E-state index contributed by atoms with van der Waals surface area (Å²) in [5.41, 5.74) is 1.15. The van der Waals surface area contributed by atoms with Crippen LogP contribution < -0.4 is 5.32 Å². The standard InChI is InChI=1S/C14H14N2O3S/c1-8(12(17)16-10-6-4-3-5-7-10)13-15-9(2)11(20-13)14(18)19/h3-8H,1-2H3,(H,16,17)(H,18,19). The number of amides is 1. The number of thiazole rings is 1. The molecule has 0 saturated carbocycles. The minimum atomic E-state index is -1.01. The van der Waals surface area contributed by atoms with Gasteiger partial charge in [-0.2, -0.15) is 0 Å². The molecule has 104 valence electrons. The second-order valence-corrected chi connectivity index (χ2v) is 5.38. The number of para-hydroxylation sites is 1. The van der Waals surface area contributed by atoms with Crippen LogP contribution in [0.25, 0.3) is 0 Å². The van der Waals surface area contributed by atoms with Gasteiger partial charge in [0, 0.05) is 5.69 Å². The number of carbonyl (C=O) groups is 2. The lowest BCUT2D eigenvalue weighted by Crippen LogP contribution is -2.18. The number of hydrogen-bond donors (Lipinski definition) is 2. The molecular formula is C14H14N2O3S. The zero-order chi connectivity index (χ0) is 14.7. The Morgan fingerprint density at radius 3 is 2.50 bits per heavy atom. The summed E-state index contributed by atoms with van der Waals surface area (Å²) in [6, 6.07) is 9.11. The van der Waals surface area contributed by atoms with Crippen molar-refractivity contribution in [2.75, 3.05) is 5.32 Å². The van der Waals surface area contributed by atoms with Crippen molar-refractivity contribution in [3.63, 3.8) is 0 Å². The lowest BCUT2D eigenvalue weighted by atomic mass is 10.1. The number of nitrogens with one attached hydrogen (secondary N) is 1. The highest BCUT2D eigenvalue weighted by atomic mass is 32.1. The summed E-state index contributed by atoms with van der Waals surface area (Å²) < 4.78 is 0. The van der Waals surface area contributed by atoms with E-state index in [-0.39, 0.29) is 10.8 Å².